The molecule has 0 fully saturated rings. The molecule has 0 bridgehead atoms. The SMILES string of the molecule is Cc1cccc2oc(-c3cccc(N=Cc4ccc(Cl)c([N+](=O)[O-])c4)c3)nc12. The third kappa shape index (κ3) is 3.50. The Labute approximate surface area is 165 Å². The average molecular weight is 392 g/mol. The number of aliphatic imine (C=N–C) groups is 1. The van der Waals surface area contributed by atoms with Crippen LogP contribution >= 0.6 is 11.6 Å². The van der Waals surface area contributed by atoms with Gasteiger partial charge in [-0.2, -0.15) is 0 Å². The maximum atomic E-state index is 11.0. The molecule has 1 aromatic heterocycles. The zero-order valence-corrected chi connectivity index (χ0v) is 15.6. The molecule has 0 aliphatic heterocycles. The second kappa shape index (κ2) is 7.25. The lowest BCUT2D eigenvalue weighted by atomic mass is 10.2. The summed E-state index contributed by atoms with van der Waals surface area (Å²) in [4.78, 5) is 19.5. The molecule has 138 valence electrons. The van der Waals surface area contributed by atoms with Gasteiger partial charge in [-0.25, -0.2) is 4.98 Å². The molecule has 1 heterocycles. The number of rotatable bonds is 4. The van der Waals surface area contributed by atoms with Gasteiger partial charge < -0.3 is 4.42 Å². The highest BCUT2D eigenvalue weighted by atomic mass is 35.5. The number of hydrogen-bond acceptors (Lipinski definition) is 5. The van der Waals surface area contributed by atoms with Gasteiger partial charge in [-0.05, 0) is 48.4 Å². The molecule has 0 spiro atoms. The molecule has 4 rings (SSSR count). The van der Waals surface area contributed by atoms with E-state index in [2.05, 4.69) is 9.98 Å². The highest BCUT2D eigenvalue weighted by molar-refractivity contribution is 6.32. The van der Waals surface area contributed by atoms with Crippen molar-refractivity contribution in [1.29, 1.82) is 0 Å². The molecule has 3 aromatic carbocycles. The zero-order chi connectivity index (χ0) is 19.7. The Hall–Kier alpha value is -3.51. The number of para-hydroxylation sites is 1. The van der Waals surface area contributed by atoms with Gasteiger partial charge in [0.25, 0.3) is 5.69 Å². The molecule has 0 saturated heterocycles. The maximum Gasteiger partial charge on any atom is 0.288 e. The molecule has 0 radical (unpaired) electrons. The van der Waals surface area contributed by atoms with Crippen LogP contribution < -0.4 is 0 Å². The number of nitrogens with zero attached hydrogens (tertiary/aromatic N) is 3. The summed E-state index contributed by atoms with van der Waals surface area (Å²) in [5, 5.41) is 11.1. The number of halogens is 1. The summed E-state index contributed by atoms with van der Waals surface area (Å²) in [6, 6.07) is 17.8. The van der Waals surface area contributed by atoms with Crippen LogP contribution in [0.4, 0.5) is 11.4 Å². The summed E-state index contributed by atoms with van der Waals surface area (Å²) in [7, 11) is 0. The quantitative estimate of drug-likeness (QED) is 0.238. The summed E-state index contributed by atoms with van der Waals surface area (Å²) in [6.45, 7) is 1.99. The van der Waals surface area contributed by atoms with Crippen LogP contribution in [0.25, 0.3) is 22.6 Å². The van der Waals surface area contributed by atoms with Gasteiger partial charge in [0.2, 0.25) is 5.89 Å². The van der Waals surface area contributed by atoms with Crippen molar-refractivity contribution in [2.75, 3.05) is 0 Å². The Morgan fingerprint density at radius 2 is 1.96 bits per heavy atom. The van der Waals surface area contributed by atoms with Crippen LogP contribution in [-0.4, -0.2) is 16.1 Å². The number of benzene rings is 3. The van der Waals surface area contributed by atoms with Gasteiger partial charge >= 0.3 is 0 Å². The molecule has 0 aliphatic rings. The van der Waals surface area contributed by atoms with Gasteiger partial charge in [-0.1, -0.05) is 35.9 Å². The molecule has 0 aliphatic carbocycles. The smallest absolute Gasteiger partial charge is 0.288 e. The van der Waals surface area contributed by atoms with Crippen LogP contribution in [0.5, 0.6) is 0 Å². The number of aryl methyl sites for hydroxylation is 1. The number of oxazole rings is 1. The maximum absolute atomic E-state index is 11.0. The third-order valence-electron chi connectivity index (χ3n) is 4.24. The highest BCUT2D eigenvalue weighted by Crippen LogP contribution is 2.29. The van der Waals surface area contributed by atoms with Crippen molar-refractivity contribution < 1.29 is 9.34 Å². The summed E-state index contributed by atoms with van der Waals surface area (Å²) < 4.78 is 5.86. The van der Waals surface area contributed by atoms with E-state index < -0.39 is 4.92 Å². The predicted octanol–water partition coefficient (Wildman–Crippen LogP) is 6.12. The predicted molar refractivity (Wildman–Crippen MR) is 110 cm³/mol. The summed E-state index contributed by atoms with van der Waals surface area (Å²) >= 11 is 5.84. The van der Waals surface area contributed by atoms with Crippen molar-refractivity contribution >= 4 is 40.3 Å². The van der Waals surface area contributed by atoms with Crippen molar-refractivity contribution in [3.63, 3.8) is 0 Å². The van der Waals surface area contributed by atoms with Crippen molar-refractivity contribution in [2.45, 2.75) is 6.92 Å². The van der Waals surface area contributed by atoms with E-state index in [0.717, 1.165) is 22.2 Å². The van der Waals surface area contributed by atoms with E-state index in [1.54, 1.807) is 12.3 Å². The van der Waals surface area contributed by atoms with Gasteiger partial charge in [0.1, 0.15) is 10.5 Å². The molecular weight excluding hydrogens is 378 g/mol. The van der Waals surface area contributed by atoms with Gasteiger partial charge in [0.05, 0.1) is 10.6 Å². The molecule has 0 saturated carbocycles. The summed E-state index contributed by atoms with van der Waals surface area (Å²) in [5.74, 6) is 0.517. The van der Waals surface area contributed by atoms with E-state index in [4.69, 9.17) is 16.0 Å². The largest absolute Gasteiger partial charge is 0.436 e. The van der Waals surface area contributed by atoms with E-state index in [1.165, 1.54) is 12.1 Å². The first-order chi connectivity index (χ1) is 13.5. The van der Waals surface area contributed by atoms with Crippen LogP contribution in [-0.2, 0) is 0 Å². The molecule has 0 atom stereocenters. The average Bonchev–Trinajstić information content (AvgIpc) is 3.13. The van der Waals surface area contributed by atoms with Crippen molar-refractivity contribution in [1.82, 2.24) is 4.98 Å². The number of hydrogen-bond donors (Lipinski definition) is 0. The first kappa shape index (κ1) is 17.9. The Kier molecular flexibility index (Phi) is 4.63. The van der Waals surface area contributed by atoms with Crippen molar-refractivity contribution in [2.24, 2.45) is 4.99 Å². The van der Waals surface area contributed by atoms with Gasteiger partial charge in [-0.15, -0.1) is 0 Å². The van der Waals surface area contributed by atoms with Gasteiger partial charge in [0, 0.05) is 17.8 Å². The third-order valence-corrected chi connectivity index (χ3v) is 4.56. The Balaban J connectivity index is 1.65. The second-order valence-corrected chi connectivity index (χ2v) is 6.62. The monoisotopic (exact) mass is 391 g/mol. The van der Waals surface area contributed by atoms with Gasteiger partial charge in [0.15, 0.2) is 5.58 Å². The molecule has 4 aromatic rings. The Bertz CT molecular complexity index is 1230. The zero-order valence-electron chi connectivity index (χ0n) is 14.8. The molecule has 28 heavy (non-hydrogen) atoms. The topological polar surface area (TPSA) is 81.5 Å². The minimum atomic E-state index is -0.518. The van der Waals surface area contributed by atoms with Crippen LogP contribution in [0.2, 0.25) is 5.02 Å². The number of nitro benzene ring substituents is 1. The van der Waals surface area contributed by atoms with Crippen LogP contribution in [0.15, 0.2) is 70.1 Å². The van der Waals surface area contributed by atoms with E-state index in [-0.39, 0.29) is 10.7 Å². The number of fused-ring (bicyclic) bond motifs is 1. The normalized spacial score (nSPS) is 11.4. The fraction of sp³-hybridized carbons (Fsp3) is 0.0476. The van der Waals surface area contributed by atoms with E-state index in [9.17, 15) is 10.1 Å². The fourth-order valence-corrected chi connectivity index (χ4v) is 3.01. The van der Waals surface area contributed by atoms with E-state index >= 15 is 0 Å². The summed E-state index contributed by atoms with van der Waals surface area (Å²) in [5.41, 5.74) is 4.52. The van der Waals surface area contributed by atoms with E-state index in [0.29, 0.717) is 17.1 Å². The number of aromatic nitrogens is 1. The first-order valence-electron chi connectivity index (χ1n) is 8.46. The molecule has 0 N–H and O–H groups in total. The molecule has 6 nitrogen and oxygen atoms in total. The van der Waals surface area contributed by atoms with Crippen molar-refractivity contribution in [3.8, 4) is 11.5 Å². The van der Waals surface area contributed by atoms with Crippen molar-refractivity contribution in [3.05, 3.63) is 86.9 Å². The van der Waals surface area contributed by atoms with E-state index in [1.807, 2.05) is 49.4 Å². The Morgan fingerprint density at radius 3 is 2.75 bits per heavy atom. The lowest BCUT2D eigenvalue weighted by Gasteiger charge is -1.99. The second-order valence-electron chi connectivity index (χ2n) is 6.22. The summed E-state index contributed by atoms with van der Waals surface area (Å²) in [6.07, 6.45) is 1.55. The molecule has 0 unspecified atom stereocenters. The minimum absolute atomic E-state index is 0.0930. The minimum Gasteiger partial charge on any atom is -0.436 e. The molecular formula is C21H14ClN3O3. The Morgan fingerprint density at radius 1 is 1.14 bits per heavy atom. The lowest BCUT2D eigenvalue weighted by Crippen LogP contribution is -1.91. The standard InChI is InChI=1S/C21H14ClN3O3/c1-13-4-2-7-19-20(13)24-21(28-19)15-5-3-6-16(11-15)23-12-14-8-9-17(22)18(10-14)25(26)27/h2-12H,1H3. The van der Waals surface area contributed by atoms with Crippen LogP contribution in [0.3, 0.4) is 0 Å². The molecule has 7 heteroatoms. The van der Waals surface area contributed by atoms with Crippen LogP contribution in [0, 0.1) is 17.0 Å². The highest BCUT2D eigenvalue weighted by Gasteiger charge is 2.12. The molecule has 0 amide bonds. The number of nitro groups is 1. The van der Waals surface area contributed by atoms with Crippen LogP contribution in [0.1, 0.15) is 11.1 Å². The lowest BCUT2D eigenvalue weighted by molar-refractivity contribution is -0.384. The van der Waals surface area contributed by atoms with Gasteiger partial charge in [-0.3, -0.25) is 15.1 Å². The first-order valence-corrected chi connectivity index (χ1v) is 8.84. The fourth-order valence-electron chi connectivity index (χ4n) is 2.83.